The van der Waals surface area contributed by atoms with Crippen LogP contribution in [0.25, 0.3) is 0 Å². The van der Waals surface area contributed by atoms with Crippen LogP contribution in [0.15, 0.2) is 35.9 Å². The fraction of sp³-hybridized carbons (Fsp3) is 0.222. The molecule has 0 aromatic rings. The van der Waals surface area contributed by atoms with Crippen LogP contribution in [0.1, 0.15) is 6.92 Å². The molecule has 0 rings (SSSR count). The van der Waals surface area contributed by atoms with Gasteiger partial charge in [-0.1, -0.05) is 36.4 Å². The molecule has 3 heteroatoms. The quantitative estimate of drug-likeness (QED) is 0.383. The van der Waals surface area contributed by atoms with Crippen LogP contribution >= 0.6 is 11.6 Å². The summed E-state index contributed by atoms with van der Waals surface area (Å²) in [6, 6.07) is 0. The molecule has 66 valence electrons. The fourth-order valence-electron chi connectivity index (χ4n) is 0.443. The van der Waals surface area contributed by atoms with Crippen LogP contribution in [0.5, 0.6) is 0 Å². The molecule has 0 bridgehead atoms. The van der Waals surface area contributed by atoms with Crippen molar-refractivity contribution in [2.75, 3.05) is 6.61 Å². The van der Waals surface area contributed by atoms with Gasteiger partial charge in [-0.3, -0.25) is 0 Å². The summed E-state index contributed by atoms with van der Waals surface area (Å²) in [7, 11) is 0. The van der Waals surface area contributed by atoms with E-state index in [1.165, 1.54) is 6.08 Å². The number of halogens is 1. The number of allylic oxidation sites excluding steroid dienone is 3. The number of carbonyl (C=O) groups excluding carboxylic acids is 1. The largest absolute Gasteiger partial charge is 0.457 e. The first kappa shape index (κ1) is 11.0. The first-order valence-electron chi connectivity index (χ1n) is 3.46. The highest BCUT2D eigenvalue weighted by Gasteiger charge is 1.95. The number of rotatable bonds is 4. The fourth-order valence-corrected chi connectivity index (χ4v) is 0.497. The first-order valence-corrected chi connectivity index (χ1v) is 3.84. The molecular formula is C9H11ClO2. The molecule has 0 saturated heterocycles. The van der Waals surface area contributed by atoms with E-state index < -0.39 is 5.97 Å². The summed E-state index contributed by atoms with van der Waals surface area (Å²) in [6.07, 6.45) is 6.46. The Kier molecular flexibility index (Phi) is 6.11. The summed E-state index contributed by atoms with van der Waals surface area (Å²) >= 11 is 5.37. The van der Waals surface area contributed by atoms with Crippen molar-refractivity contribution < 1.29 is 9.53 Å². The van der Waals surface area contributed by atoms with Crippen LogP contribution in [0.4, 0.5) is 0 Å². The van der Waals surface area contributed by atoms with E-state index in [-0.39, 0.29) is 6.61 Å². The second kappa shape index (κ2) is 6.68. The van der Waals surface area contributed by atoms with Gasteiger partial charge in [0.2, 0.25) is 0 Å². The van der Waals surface area contributed by atoms with Crippen LogP contribution in [0, 0.1) is 0 Å². The normalized spacial score (nSPS) is 10.8. The number of hydrogen-bond donors (Lipinski definition) is 0. The van der Waals surface area contributed by atoms with Crippen molar-refractivity contribution in [1.82, 2.24) is 0 Å². The maximum Gasteiger partial charge on any atom is 0.331 e. The van der Waals surface area contributed by atoms with Crippen molar-refractivity contribution in [3.63, 3.8) is 0 Å². The molecule has 0 radical (unpaired) electrons. The van der Waals surface area contributed by atoms with Crippen molar-refractivity contribution in [1.29, 1.82) is 0 Å². The van der Waals surface area contributed by atoms with Crippen LogP contribution in [0.2, 0.25) is 0 Å². The molecule has 0 heterocycles. The molecule has 0 unspecified atom stereocenters. The molecule has 0 amide bonds. The Morgan fingerprint density at radius 2 is 2.25 bits per heavy atom. The van der Waals surface area contributed by atoms with Gasteiger partial charge in [0.1, 0.15) is 6.61 Å². The summed E-state index contributed by atoms with van der Waals surface area (Å²) in [5, 5.41) is 0.308. The predicted octanol–water partition coefficient (Wildman–Crippen LogP) is 2.41. The summed E-state index contributed by atoms with van der Waals surface area (Å²) < 4.78 is 4.66. The van der Waals surface area contributed by atoms with E-state index in [1.807, 2.05) is 13.0 Å². The average Bonchev–Trinajstić information content (AvgIpc) is 2.01. The molecule has 0 spiro atoms. The highest BCUT2D eigenvalue weighted by molar-refractivity contribution is 6.29. The maximum atomic E-state index is 10.8. The summed E-state index contributed by atoms with van der Waals surface area (Å²) in [6.45, 7) is 5.29. The lowest BCUT2D eigenvalue weighted by Gasteiger charge is -1.97. The van der Waals surface area contributed by atoms with Gasteiger partial charge in [-0.15, -0.1) is 0 Å². The molecule has 0 atom stereocenters. The van der Waals surface area contributed by atoms with Gasteiger partial charge in [0.15, 0.2) is 0 Å². The zero-order valence-electron chi connectivity index (χ0n) is 6.92. The lowest BCUT2D eigenvalue weighted by molar-refractivity contribution is -0.136. The molecule has 0 fully saturated rings. The average molecular weight is 187 g/mol. The molecule has 0 aromatic carbocycles. The van der Waals surface area contributed by atoms with Crippen LogP contribution < -0.4 is 0 Å². The molecule has 0 aliphatic rings. The van der Waals surface area contributed by atoms with Crippen molar-refractivity contribution in [3.8, 4) is 0 Å². The second-order valence-corrected chi connectivity index (χ2v) is 2.54. The highest BCUT2D eigenvalue weighted by Crippen LogP contribution is 1.96. The van der Waals surface area contributed by atoms with Gasteiger partial charge in [0.25, 0.3) is 0 Å². The SMILES string of the molecule is C=C(Cl)COC(=O)C=CC=CC. The van der Waals surface area contributed by atoms with E-state index in [9.17, 15) is 4.79 Å². The second-order valence-electron chi connectivity index (χ2n) is 2.01. The predicted molar refractivity (Wildman–Crippen MR) is 49.9 cm³/mol. The minimum absolute atomic E-state index is 0.0561. The Morgan fingerprint density at radius 3 is 2.75 bits per heavy atom. The van der Waals surface area contributed by atoms with E-state index in [0.717, 1.165) is 0 Å². The molecule has 0 aromatic heterocycles. The molecule has 0 N–H and O–H groups in total. The highest BCUT2D eigenvalue weighted by atomic mass is 35.5. The lowest BCUT2D eigenvalue weighted by atomic mass is 10.4. The van der Waals surface area contributed by atoms with E-state index in [2.05, 4.69) is 11.3 Å². The Bertz CT molecular complexity index is 217. The van der Waals surface area contributed by atoms with Crippen molar-refractivity contribution in [2.24, 2.45) is 0 Å². The van der Waals surface area contributed by atoms with E-state index in [0.29, 0.717) is 5.03 Å². The van der Waals surface area contributed by atoms with E-state index >= 15 is 0 Å². The Balaban J connectivity index is 3.67. The van der Waals surface area contributed by atoms with E-state index in [4.69, 9.17) is 11.6 Å². The summed E-state index contributed by atoms with van der Waals surface area (Å²) in [5.41, 5.74) is 0. The number of esters is 1. The zero-order chi connectivity index (χ0) is 9.40. The van der Waals surface area contributed by atoms with Gasteiger partial charge in [-0.05, 0) is 6.92 Å². The summed E-state index contributed by atoms with van der Waals surface area (Å²) in [5.74, 6) is -0.421. The monoisotopic (exact) mass is 186 g/mol. The minimum Gasteiger partial charge on any atom is -0.457 e. The Labute approximate surface area is 77.2 Å². The van der Waals surface area contributed by atoms with Crippen LogP contribution in [-0.4, -0.2) is 12.6 Å². The molecule has 2 nitrogen and oxygen atoms in total. The van der Waals surface area contributed by atoms with Gasteiger partial charge in [-0.25, -0.2) is 4.79 Å². The lowest BCUT2D eigenvalue weighted by Crippen LogP contribution is -2.01. The third-order valence-corrected chi connectivity index (χ3v) is 1.02. The Morgan fingerprint density at radius 1 is 1.58 bits per heavy atom. The van der Waals surface area contributed by atoms with Gasteiger partial charge >= 0.3 is 5.97 Å². The van der Waals surface area contributed by atoms with Gasteiger partial charge in [0, 0.05) is 11.1 Å². The van der Waals surface area contributed by atoms with Crippen molar-refractivity contribution in [2.45, 2.75) is 6.92 Å². The maximum absolute atomic E-state index is 10.8. The molecule has 12 heavy (non-hydrogen) atoms. The Hall–Kier alpha value is -1.02. The smallest absolute Gasteiger partial charge is 0.331 e. The van der Waals surface area contributed by atoms with Crippen LogP contribution in [0.3, 0.4) is 0 Å². The van der Waals surface area contributed by atoms with Crippen LogP contribution in [-0.2, 0) is 9.53 Å². The first-order chi connectivity index (χ1) is 5.66. The molecule has 0 saturated carbocycles. The number of hydrogen-bond acceptors (Lipinski definition) is 2. The van der Waals surface area contributed by atoms with Gasteiger partial charge < -0.3 is 4.74 Å². The third-order valence-electron chi connectivity index (χ3n) is 0.907. The molecular weight excluding hydrogens is 176 g/mol. The van der Waals surface area contributed by atoms with Gasteiger partial charge in [0.05, 0.1) is 0 Å². The topological polar surface area (TPSA) is 26.3 Å². The number of carbonyl (C=O) groups is 1. The number of ether oxygens (including phenoxy) is 1. The standard InChI is InChI=1S/C9H11ClO2/c1-3-4-5-6-9(11)12-7-8(2)10/h3-6H,2,7H2,1H3. The van der Waals surface area contributed by atoms with Crippen molar-refractivity contribution >= 4 is 17.6 Å². The van der Waals surface area contributed by atoms with Gasteiger partial charge in [-0.2, -0.15) is 0 Å². The zero-order valence-corrected chi connectivity index (χ0v) is 7.67. The summed E-state index contributed by atoms with van der Waals surface area (Å²) in [4.78, 5) is 10.8. The third kappa shape index (κ3) is 7.09. The molecule has 0 aliphatic heterocycles. The van der Waals surface area contributed by atoms with Crippen molar-refractivity contribution in [3.05, 3.63) is 35.9 Å². The van der Waals surface area contributed by atoms with E-state index in [1.54, 1.807) is 12.2 Å². The minimum atomic E-state index is -0.421. The molecule has 0 aliphatic carbocycles.